The smallest absolute Gasteiger partial charge is 0.268 e. The van der Waals surface area contributed by atoms with Crippen molar-refractivity contribution in [2.75, 3.05) is 18.0 Å². The Morgan fingerprint density at radius 3 is 2.64 bits per heavy atom. The third-order valence-corrected chi connectivity index (χ3v) is 7.13. The molecular weight excluding hydrogens is 470 g/mol. The Kier molecular flexibility index (Phi) is 5.82. The van der Waals surface area contributed by atoms with Gasteiger partial charge in [-0.15, -0.1) is 0 Å². The van der Waals surface area contributed by atoms with E-state index >= 15 is 0 Å². The number of anilines is 1. The topological polar surface area (TPSA) is 111 Å². The van der Waals surface area contributed by atoms with Crippen LogP contribution in [-0.4, -0.2) is 47.6 Å². The summed E-state index contributed by atoms with van der Waals surface area (Å²) in [6.45, 7) is 1.47. The highest BCUT2D eigenvalue weighted by Gasteiger charge is 2.65. The maximum absolute atomic E-state index is 14.3. The molecule has 36 heavy (non-hydrogen) atoms. The number of aromatic amines is 1. The Bertz CT molecular complexity index is 1370. The predicted molar refractivity (Wildman–Crippen MR) is 127 cm³/mol. The number of H-pyrrole nitrogens is 1. The Hall–Kier alpha value is -4.08. The lowest BCUT2D eigenvalue weighted by Gasteiger charge is -2.32. The van der Waals surface area contributed by atoms with E-state index < -0.39 is 47.4 Å². The van der Waals surface area contributed by atoms with Gasteiger partial charge in [0.05, 0.1) is 12.2 Å². The van der Waals surface area contributed by atoms with Gasteiger partial charge in [0.1, 0.15) is 17.5 Å². The van der Waals surface area contributed by atoms with E-state index in [4.69, 9.17) is 0 Å². The fourth-order valence-corrected chi connectivity index (χ4v) is 5.22. The third kappa shape index (κ3) is 3.92. The van der Waals surface area contributed by atoms with E-state index in [9.17, 15) is 28.0 Å². The lowest BCUT2D eigenvalue weighted by molar-refractivity contribution is -0.124. The van der Waals surface area contributed by atoms with Crippen LogP contribution < -0.4 is 15.5 Å². The number of hydrogen-bond donors (Lipinski definition) is 3. The van der Waals surface area contributed by atoms with Gasteiger partial charge in [0.2, 0.25) is 11.8 Å². The third-order valence-electron chi connectivity index (χ3n) is 7.13. The van der Waals surface area contributed by atoms with Crippen LogP contribution in [0.2, 0.25) is 0 Å². The number of aldehydes is 1. The number of carbonyl (C=O) groups is 4. The van der Waals surface area contributed by atoms with E-state index in [2.05, 4.69) is 15.6 Å². The van der Waals surface area contributed by atoms with Crippen molar-refractivity contribution in [3.63, 3.8) is 0 Å². The molecule has 186 valence electrons. The Morgan fingerprint density at radius 1 is 1.19 bits per heavy atom. The number of aryl methyl sites for hydroxylation is 1. The summed E-state index contributed by atoms with van der Waals surface area (Å²) in [6, 6.07) is 10.8. The van der Waals surface area contributed by atoms with Crippen molar-refractivity contribution < 1.29 is 28.0 Å². The summed E-state index contributed by atoms with van der Waals surface area (Å²) in [5, 5.41) is 6.10. The summed E-state index contributed by atoms with van der Waals surface area (Å²) in [7, 11) is 0. The van der Waals surface area contributed by atoms with Gasteiger partial charge in [-0.05, 0) is 43.5 Å². The van der Waals surface area contributed by atoms with Crippen molar-refractivity contribution >= 4 is 40.6 Å². The van der Waals surface area contributed by atoms with E-state index in [-0.39, 0.29) is 29.3 Å². The van der Waals surface area contributed by atoms with Crippen molar-refractivity contribution in [3.8, 4) is 0 Å². The first-order valence-corrected chi connectivity index (χ1v) is 11.6. The first-order valence-electron chi connectivity index (χ1n) is 11.6. The molecule has 2 heterocycles. The monoisotopic (exact) mass is 494 g/mol. The van der Waals surface area contributed by atoms with Crippen molar-refractivity contribution in [2.45, 2.75) is 25.3 Å². The van der Waals surface area contributed by atoms with Crippen LogP contribution in [-0.2, 0) is 14.4 Å². The Balaban J connectivity index is 1.44. The van der Waals surface area contributed by atoms with E-state index in [1.54, 1.807) is 6.07 Å². The molecule has 1 aromatic heterocycles. The van der Waals surface area contributed by atoms with Gasteiger partial charge in [-0.25, -0.2) is 8.78 Å². The zero-order valence-corrected chi connectivity index (χ0v) is 19.4. The number of benzene rings is 2. The zero-order chi connectivity index (χ0) is 25.6. The van der Waals surface area contributed by atoms with E-state index in [1.165, 1.54) is 6.92 Å². The van der Waals surface area contributed by atoms with Crippen LogP contribution in [0.5, 0.6) is 0 Å². The number of aromatic nitrogens is 1. The minimum atomic E-state index is -1.40. The van der Waals surface area contributed by atoms with Gasteiger partial charge >= 0.3 is 0 Å². The quantitative estimate of drug-likeness (QED) is 0.439. The van der Waals surface area contributed by atoms with Crippen molar-refractivity contribution in [1.29, 1.82) is 0 Å². The first-order chi connectivity index (χ1) is 17.2. The van der Waals surface area contributed by atoms with E-state index in [1.807, 2.05) is 24.3 Å². The number of carbonyl (C=O) groups excluding carboxylic acids is 4. The van der Waals surface area contributed by atoms with Gasteiger partial charge < -0.3 is 20.4 Å². The molecule has 5 rings (SSSR count). The molecule has 1 saturated carbocycles. The molecule has 8 nitrogen and oxygen atoms in total. The second-order valence-corrected chi connectivity index (χ2v) is 9.34. The van der Waals surface area contributed by atoms with Gasteiger partial charge in [-0.3, -0.25) is 19.3 Å². The lowest BCUT2D eigenvalue weighted by atomic mass is 9.97. The highest BCUT2D eigenvalue weighted by Crippen LogP contribution is 2.54. The van der Waals surface area contributed by atoms with E-state index in [0.29, 0.717) is 19.3 Å². The summed E-state index contributed by atoms with van der Waals surface area (Å²) < 4.78 is 28.1. The minimum absolute atomic E-state index is 0.0202. The van der Waals surface area contributed by atoms with Crippen LogP contribution in [0.1, 0.15) is 28.9 Å². The second kappa shape index (κ2) is 8.85. The van der Waals surface area contributed by atoms with Crippen LogP contribution in [0.15, 0.2) is 42.5 Å². The molecule has 3 unspecified atom stereocenters. The number of para-hydroxylation sites is 1. The number of nitrogens with zero attached hydrogens (tertiary/aromatic N) is 1. The van der Waals surface area contributed by atoms with Crippen LogP contribution >= 0.6 is 0 Å². The molecule has 0 spiro atoms. The number of hydrogen-bond acceptors (Lipinski definition) is 4. The molecule has 0 bridgehead atoms. The van der Waals surface area contributed by atoms with Crippen LogP contribution in [0, 0.1) is 30.4 Å². The summed E-state index contributed by atoms with van der Waals surface area (Å²) in [4.78, 5) is 55.1. The maximum Gasteiger partial charge on any atom is 0.268 e. The molecule has 10 heteroatoms. The van der Waals surface area contributed by atoms with Crippen molar-refractivity contribution in [2.24, 2.45) is 11.8 Å². The Labute approximate surface area is 205 Å². The molecule has 2 fully saturated rings. The largest absolute Gasteiger partial charge is 0.356 e. The molecular formula is C26H24F2N4O4. The van der Waals surface area contributed by atoms with E-state index in [0.717, 1.165) is 27.9 Å². The number of fused-ring (bicyclic) bond motifs is 1. The number of halogens is 2. The lowest BCUT2D eigenvalue weighted by Crippen LogP contribution is -2.50. The molecule has 3 aromatic rings. The average Bonchev–Trinajstić information content (AvgIpc) is 3.18. The molecule has 1 aliphatic carbocycles. The number of rotatable bonds is 7. The molecule has 2 aromatic carbocycles. The predicted octanol–water partition coefficient (Wildman–Crippen LogP) is 2.61. The minimum Gasteiger partial charge on any atom is -0.356 e. The summed E-state index contributed by atoms with van der Waals surface area (Å²) in [5.74, 6) is -4.63. The highest BCUT2D eigenvalue weighted by molar-refractivity contribution is 6.06. The average molecular weight is 494 g/mol. The fourth-order valence-electron chi connectivity index (χ4n) is 5.22. The standard InChI is InChI=1S/C26H24F2N4O4/c1-14-8-18(27)19(28)10-22(14)32(26(13-33)11-17(26)16-6-7-29-24(16)35)23(34)12-30-25(36)21-9-15-4-2-3-5-20(15)31-21/h2-5,8-10,13,16-17,31H,6-7,11-12H2,1H3,(H,29,35)(H,30,36). The Morgan fingerprint density at radius 2 is 1.94 bits per heavy atom. The molecule has 3 amide bonds. The molecule has 2 aliphatic rings. The summed E-state index contributed by atoms with van der Waals surface area (Å²) >= 11 is 0. The molecule has 1 aliphatic heterocycles. The highest BCUT2D eigenvalue weighted by atomic mass is 19.2. The van der Waals surface area contributed by atoms with Gasteiger partial charge in [-0.1, -0.05) is 18.2 Å². The van der Waals surface area contributed by atoms with Crippen LogP contribution in [0.4, 0.5) is 14.5 Å². The van der Waals surface area contributed by atoms with Gasteiger partial charge in [0, 0.05) is 35.3 Å². The first kappa shape index (κ1) is 23.7. The van der Waals surface area contributed by atoms with Gasteiger partial charge in [0.25, 0.3) is 5.91 Å². The summed E-state index contributed by atoms with van der Waals surface area (Å²) in [5.41, 5.74) is -0.136. The van der Waals surface area contributed by atoms with Crippen LogP contribution in [0.25, 0.3) is 10.9 Å². The zero-order valence-electron chi connectivity index (χ0n) is 19.4. The maximum atomic E-state index is 14.3. The van der Waals surface area contributed by atoms with Crippen molar-refractivity contribution in [3.05, 3.63) is 65.4 Å². The SMILES string of the molecule is Cc1cc(F)c(F)cc1N(C(=O)CNC(=O)c1cc2ccccc2[nH]1)C1(C=O)CC1C1CCNC1=O. The second-order valence-electron chi connectivity index (χ2n) is 9.34. The number of nitrogens with one attached hydrogen (secondary N) is 3. The number of amides is 3. The van der Waals surface area contributed by atoms with Crippen LogP contribution in [0.3, 0.4) is 0 Å². The molecule has 1 saturated heterocycles. The summed E-state index contributed by atoms with van der Waals surface area (Å²) in [6.07, 6.45) is 1.31. The molecule has 3 atom stereocenters. The fraction of sp³-hybridized carbons (Fsp3) is 0.308. The van der Waals surface area contributed by atoms with Crippen molar-refractivity contribution in [1.82, 2.24) is 15.6 Å². The molecule has 3 N–H and O–H groups in total. The van der Waals surface area contributed by atoms with Gasteiger partial charge in [0.15, 0.2) is 11.6 Å². The van der Waals surface area contributed by atoms with Gasteiger partial charge in [-0.2, -0.15) is 0 Å². The molecule has 0 radical (unpaired) electrons. The normalized spacial score (nSPS) is 22.8.